The smallest absolute Gasteiger partial charge is 0.00754 e. The van der Waals surface area contributed by atoms with Crippen molar-refractivity contribution in [3.05, 3.63) is 29.8 Å². The van der Waals surface area contributed by atoms with Crippen molar-refractivity contribution >= 4 is 6.21 Å². The molecule has 0 aliphatic rings. The summed E-state index contributed by atoms with van der Waals surface area (Å²) in [6.07, 6.45) is 3.82. The Morgan fingerprint density at radius 2 is 2.29 bits per heavy atom. The van der Waals surface area contributed by atoms with Crippen molar-refractivity contribution in [3.8, 4) is 0 Å². The number of rotatable bonds is 2. The van der Waals surface area contributed by atoms with E-state index in [9.17, 15) is 0 Å². The quantitative estimate of drug-likeness (QED) is 0.397. The topological polar surface area (TPSA) is 48.3 Å². The van der Waals surface area contributed by atoms with Gasteiger partial charge in [-0.3, -0.25) is 0 Å². The van der Waals surface area contributed by atoms with E-state index in [2.05, 4.69) is 6.58 Å². The van der Waals surface area contributed by atoms with Gasteiger partial charge in [-0.2, -0.15) is 6.21 Å². The Morgan fingerprint density at radius 3 is 2.43 bits per heavy atom. The molecule has 0 aliphatic heterocycles. The third-order valence-electron chi connectivity index (χ3n) is 0.459. The van der Waals surface area contributed by atoms with Gasteiger partial charge in [-0.1, -0.05) is 12.7 Å². The number of hydrogen-bond donors (Lipinski definition) is 1. The molecule has 38 valence electrons. The zero-order valence-electron chi connectivity index (χ0n) is 3.96. The molecule has 0 atom stereocenters. The largest absolute Gasteiger partial charge is 0.809 e. The normalized spacial score (nSPS) is 10.6. The summed E-state index contributed by atoms with van der Waals surface area (Å²) in [5.74, 6) is 0. The zero-order valence-corrected chi connectivity index (χ0v) is 3.96. The minimum atomic E-state index is 0.315. The number of nitrogens with two attached hydrogens (primary N) is 1. The molecule has 2 nitrogen and oxygen atoms in total. The van der Waals surface area contributed by atoms with Crippen molar-refractivity contribution in [1.82, 2.24) is 0 Å². The Kier molecular flexibility index (Phi) is 2.68. The van der Waals surface area contributed by atoms with Crippen LogP contribution in [0.25, 0.3) is 5.41 Å². The summed E-state index contributed by atoms with van der Waals surface area (Å²) >= 11 is 0. The van der Waals surface area contributed by atoms with E-state index in [1.54, 1.807) is 0 Å². The highest BCUT2D eigenvalue weighted by Crippen LogP contribution is 1.74. The number of nitrogens with zero attached hydrogens (tertiary/aromatic N) is 1. The first-order valence-corrected chi connectivity index (χ1v) is 1.87. The molecule has 0 aromatic carbocycles. The lowest BCUT2D eigenvalue weighted by Crippen LogP contribution is -1.94. The van der Waals surface area contributed by atoms with Gasteiger partial charge in [-0.05, 0) is 6.08 Å². The average Bonchev–Trinajstić information content (AvgIpc) is 1.68. The maximum Gasteiger partial charge on any atom is 0.00754 e. The monoisotopic (exact) mass is 95.1 g/mol. The average molecular weight is 95.1 g/mol. The molecule has 0 spiro atoms. The van der Waals surface area contributed by atoms with Gasteiger partial charge in [0, 0.05) is 5.70 Å². The van der Waals surface area contributed by atoms with E-state index in [-0.39, 0.29) is 0 Å². The summed E-state index contributed by atoms with van der Waals surface area (Å²) in [7, 11) is 0. The van der Waals surface area contributed by atoms with Crippen molar-refractivity contribution in [2.75, 3.05) is 0 Å². The third-order valence-corrected chi connectivity index (χ3v) is 0.459. The second-order valence-corrected chi connectivity index (χ2v) is 1.03. The van der Waals surface area contributed by atoms with Crippen LogP contribution in [-0.2, 0) is 0 Å². The van der Waals surface area contributed by atoms with Gasteiger partial charge in [-0.25, -0.2) is 0 Å². The van der Waals surface area contributed by atoms with Crippen LogP contribution in [0.3, 0.4) is 0 Å². The predicted octanol–water partition coefficient (Wildman–Crippen LogP) is 0.655. The molecule has 0 aliphatic carbocycles. The fourth-order valence-corrected chi connectivity index (χ4v) is 0.179. The van der Waals surface area contributed by atoms with Gasteiger partial charge in [0.05, 0.1) is 0 Å². The molecular weight excluding hydrogens is 88.1 g/mol. The highest BCUT2D eigenvalue weighted by Gasteiger charge is 1.64. The van der Waals surface area contributed by atoms with E-state index in [0.717, 1.165) is 6.21 Å². The van der Waals surface area contributed by atoms with Gasteiger partial charge < -0.3 is 11.1 Å². The van der Waals surface area contributed by atoms with E-state index in [1.807, 2.05) is 0 Å². The molecule has 2 N–H and O–H groups in total. The SMILES string of the molecule is C=C/C=C(/N)C=[N-]. The molecule has 0 bridgehead atoms. The summed E-state index contributed by atoms with van der Waals surface area (Å²) < 4.78 is 0. The molecule has 0 saturated heterocycles. The minimum absolute atomic E-state index is 0.315. The van der Waals surface area contributed by atoms with Crippen molar-refractivity contribution in [3.63, 3.8) is 0 Å². The Hall–Kier alpha value is -1.05. The van der Waals surface area contributed by atoms with Crippen molar-refractivity contribution < 1.29 is 0 Å². The number of hydrogen-bond acceptors (Lipinski definition) is 1. The minimum Gasteiger partial charge on any atom is -0.809 e. The summed E-state index contributed by atoms with van der Waals surface area (Å²) in [5.41, 5.74) is 5.38. The Bertz CT molecular complexity index is 103. The molecule has 0 rings (SSSR count). The molecule has 0 radical (unpaired) electrons. The van der Waals surface area contributed by atoms with Gasteiger partial charge in [0.25, 0.3) is 0 Å². The van der Waals surface area contributed by atoms with Gasteiger partial charge in [0.1, 0.15) is 0 Å². The van der Waals surface area contributed by atoms with Gasteiger partial charge in [0.2, 0.25) is 0 Å². The highest BCUT2D eigenvalue weighted by molar-refractivity contribution is 5.80. The van der Waals surface area contributed by atoms with Crippen LogP contribution in [0.5, 0.6) is 0 Å². The first-order chi connectivity index (χ1) is 3.31. The van der Waals surface area contributed by atoms with Gasteiger partial charge in [-0.15, -0.1) is 0 Å². The predicted molar refractivity (Wildman–Crippen MR) is 31.9 cm³/mol. The van der Waals surface area contributed by atoms with Crippen LogP contribution >= 0.6 is 0 Å². The lowest BCUT2D eigenvalue weighted by Gasteiger charge is -1.88. The van der Waals surface area contributed by atoms with E-state index in [0.29, 0.717) is 5.70 Å². The van der Waals surface area contributed by atoms with Crippen LogP contribution in [0.2, 0.25) is 0 Å². The standard InChI is InChI=1S/C5H7N2/c1-2-3-5(7)4-6/h2-4H,1,7H2/q-1/b5-3+. The van der Waals surface area contributed by atoms with E-state index >= 15 is 0 Å². The molecule has 7 heavy (non-hydrogen) atoms. The van der Waals surface area contributed by atoms with Crippen molar-refractivity contribution in [2.24, 2.45) is 5.73 Å². The second-order valence-electron chi connectivity index (χ2n) is 1.03. The van der Waals surface area contributed by atoms with Crippen LogP contribution in [0, 0.1) is 0 Å². The Balaban J connectivity index is 3.72. The maximum atomic E-state index is 8.10. The summed E-state index contributed by atoms with van der Waals surface area (Å²) in [4.78, 5) is 0. The van der Waals surface area contributed by atoms with Crippen LogP contribution in [0.4, 0.5) is 0 Å². The van der Waals surface area contributed by atoms with E-state index in [4.69, 9.17) is 11.1 Å². The van der Waals surface area contributed by atoms with Crippen LogP contribution in [-0.4, -0.2) is 6.21 Å². The van der Waals surface area contributed by atoms with E-state index < -0.39 is 0 Å². The summed E-state index contributed by atoms with van der Waals surface area (Å²) in [5, 5.41) is 8.10. The third kappa shape index (κ3) is 2.76. The van der Waals surface area contributed by atoms with Crippen LogP contribution in [0.1, 0.15) is 0 Å². The molecule has 0 heterocycles. The lowest BCUT2D eigenvalue weighted by atomic mass is 10.4. The molecule has 0 aromatic heterocycles. The van der Waals surface area contributed by atoms with E-state index in [1.165, 1.54) is 12.2 Å². The first kappa shape index (κ1) is 5.95. The molecule has 0 fully saturated rings. The van der Waals surface area contributed by atoms with Gasteiger partial charge in [0.15, 0.2) is 0 Å². The fraction of sp³-hybridized carbons (Fsp3) is 0. The van der Waals surface area contributed by atoms with Crippen LogP contribution < -0.4 is 5.73 Å². The highest BCUT2D eigenvalue weighted by atomic mass is 14.6. The Labute approximate surface area is 42.8 Å². The lowest BCUT2D eigenvalue weighted by molar-refractivity contribution is 1.52. The zero-order chi connectivity index (χ0) is 5.70. The second kappa shape index (κ2) is 3.15. The Morgan fingerprint density at radius 1 is 1.71 bits per heavy atom. The fourth-order valence-electron chi connectivity index (χ4n) is 0.179. The summed E-state index contributed by atoms with van der Waals surface area (Å²) in [6, 6.07) is 0. The molecular formula is C5H7N2-. The maximum absolute atomic E-state index is 8.10. The molecule has 0 aromatic rings. The van der Waals surface area contributed by atoms with Crippen LogP contribution in [0.15, 0.2) is 24.4 Å². The molecule has 0 saturated carbocycles. The number of allylic oxidation sites excluding steroid dienone is 3. The van der Waals surface area contributed by atoms with Crippen molar-refractivity contribution in [1.29, 1.82) is 0 Å². The first-order valence-electron chi connectivity index (χ1n) is 1.87. The molecule has 0 unspecified atom stereocenters. The van der Waals surface area contributed by atoms with Crippen molar-refractivity contribution in [2.45, 2.75) is 0 Å². The molecule has 2 heteroatoms. The molecule has 0 amide bonds. The van der Waals surface area contributed by atoms with Gasteiger partial charge >= 0.3 is 0 Å². The summed E-state index contributed by atoms with van der Waals surface area (Å²) in [6.45, 7) is 3.36.